The van der Waals surface area contributed by atoms with Crippen molar-refractivity contribution in [2.45, 2.75) is 6.18 Å². The molecule has 0 aliphatic heterocycles. The summed E-state index contributed by atoms with van der Waals surface area (Å²) in [5, 5.41) is 0.392. The molecule has 0 bridgehead atoms. The van der Waals surface area contributed by atoms with Gasteiger partial charge in [-0.1, -0.05) is 34.8 Å². The van der Waals surface area contributed by atoms with Gasteiger partial charge in [-0.05, 0) is 12.1 Å². The molecule has 112 valence electrons. The number of ether oxygens (including phenoxy) is 1. The smallest absolute Gasteiger partial charge is 0.416 e. The molecular weight excluding hydrogens is 351 g/mol. The molecule has 1 heterocycles. The van der Waals surface area contributed by atoms with E-state index in [1.165, 1.54) is 12.1 Å². The van der Waals surface area contributed by atoms with E-state index in [9.17, 15) is 13.2 Å². The van der Waals surface area contributed by atoms with Crippen LogP contribution in [0.25, 0.3) is 0 Å². The molecule has 0 atom stereocenters. The first kappa shape index (κ1) is 16.0. The van der Waals surface area contributed by atoms with Crippen molar-refractivity contribution in [2.24, 2.45) is 0 Å². The van der Waals surface area contributed by atoms with Crippen molar-refractivity contribution >= 4 is 40.6 Å². The van der Waals surface area contributed by atoms with Crippen LogP contribution in [-0.2, 0) is 6.18 Å². The molecule has 1 aromatic carbocycles. The van der Waals surface area contributed by atoms with Gasteiger partial charge in [0.2, 0.25) is 5.88 Å². The average Bonchev–Trinajstić information content (AvgIpc) is 2.34. The van der Waals surface area contributed by atoms with Crippen molar-refractivity contribution in [1.82, 2.24) is 4.98 Å². The molecule has 0 fully saturated rings. The minimum atomic E-state index is -4.57. The third kappa shape index (κ3) is 3.84. The summed E-state index contributed by atoms with van der Waals surface area (Å²) in [6.07, 6.45) is -4.57. The fourth-order valence-corrected chi connectivity index (χ4v) is 2.01. The van der Waals surface area contributed by atoms with Crippen LogP contribution in [0.4, 0.5) is 19.0 Å². The number of benzene rings is 1. The normalized spacial score (nSPS) is 11.5. The van der Waals surface area contributed by atoms with Crippen LogP contribution >= 0.6 is 34.8 Å². The Kier molecular flexibility index (Phi) is 4.41. The summed E-state index contributed by atoms with van der Waals surface area (Å²) in [5.74, 6) is -0.684. The Hall–Kier alpha value is -1.37. The molecule has 21 heavy (non-hydrogen) atoms. The van der Waals surface area contributed by atoms with E-state index in [0.717, 1.165) is 0 Å². The highest BCUT2D eigenvalue weighted by Crippen LogP contribution is 2.38. The lowest BCUT2D eigenvalue weighted by Crippen LogP contribution is -2.07. The fourth-order valence-electron chi connectivity index (χ4n) is 1.44. The molecule has 2 rings (SSSR count). The zero-order valence-electron chi connectivity index (χ0n) is 10.0. The molecule has 0 saturated heterocycles. The Morgan fingerprint density at radius 1 is 0.952 bits per heavy atom. The zero-order valence-corrected chi connectivity index (χ0v) is 12.3. The van der Waals surface area contributed by atoms with Crippen molar-refractivity contribution in [3.63, 3.8) is 0 Å². The number of nitrogen functional groups attached to an aromatic ring is 1. The number of nitrogens with two attached hydrogens (primary N) is 1. The predicted octanol–water partition coefficient (Wildman–Crippen LogP) is 5.44. The van der Waals surface area contributed by atoms with Gasteiger partial charge in [-0.3, -0.25) is 0 Å². The SMILES string of the molecule is Nc1cc(C(F)(F)F)cc(Oc2cc(Cl)c(Cl)cc2Cl)n1. The van der Waals surface area contributed by atoms with E-state index >= 15 is 0 Å². The first-order chi connectivity index (χ1) is 9.66. The summed E-state index contributed by atoms with van der Waals surface area (Å²) in [6.45, 7) is 0. The summed E-state index contributed by atoms with van der Waals surface area (Å²) < 4.78 is 43.2. The van der Waals surface area contributed by atoms with Crippen molar-refractivity contribution in [3.05, 3.63) is 44.9 Å². The highest BCUT2D eigenvalue weighted by Gasteiger charge is 2.31. The molecule has 2 N–H and O–H groups in total. The first-order valence-corrected chi connectivity index (χ1v) is 6.47. The number of halogens is 6. The lowest BCUT2D eigenvalue weighted by atomic mass is 10.2. The molecule has 9 heteroatoms. The van der Waals surface area contributed by atoms with Crippen molar-refractivity contribution < 1.29 is 17.9 Å². The molecule has 0 aliphatic carbocycles. The van der Waals surface area contributed by atoms with E-state index in [1.807, 2.05) is 0 Å². The largest absolute Gasteiger partial charge is 0.437 e. The van der Waals surface area contributed by atoms with Crippen LogP contribution in [-0.4, -0.2) is 4.98 Å². The number of alkyl halides is 3. The maximum atomic E-state index is 12.7. The standard InChI is InChI=1S/C12H6Cl3F3N2O/c13-6-3-8(15)9(4-7(6)14)21-11-2-5(12(16,17)18)1-10(19)20-11/h1-4H,(H2,19,20). The summed E-state index contributed by atoms with van der Waals surface area (Å²) in [7, 11) is 0. The van der Waals surface area contributed by atoms with Gasteiger partial charge >= 0.3 is 6.18 Å². The molecule has 0 saturated carbocycles. The van der Waals surface area contributed by atoms with Crippen molar-refractivity contribution in [1.29, 1.82) is 0 Å². The van der Waals surface area contributed by atoms with Gasteiger partial charge in [-0.25, -0.2) is 0 Å². The fraction of sp³-hybridized carbons (Fsp3) is 0.0833. The molecular formula is C12H6Cl3F3N2O. The monoisotopic (exact) mass is 356 g/mol. The zero-order chi connectivity index (χ0) is 15.8. The van der Waals surface area contributed by atoms with Crippen LogP contribution in [0.15, 0.2) is 24.3 Å². The number of anilines is 1. The van der Waals surface area contributed by atoms with Gasteiger partial charge in [0.15, 0.2) is 0 Å². The van der Waals surface area contributed by atoms with E-state index in [4.69, 9.17) is 45.3 Å². The average molecular weight is 358 g/mol. The maximum Gasteiger partial charge on any atom is 0.416 e. The van der Waals surface area contributed by atoms with Crippen LogP contribution in [0.1, 0.15) is 5.56 Å². The van der Waals surface area contributed by atoms with Crippen molar-refractivity contribution in [3.8, 4) is 11.6 Å². The van der Waals surface area contributed by atoms with Gasteiger partial charge in [0.05, 0.1) is 20.6 Å². The van der Waals surface area contributed by atoms with E-state index < -0.39 is 11.7 Å². The summed E-state index contributed by atoms with van der Waals surface area (Å²) in [6, 6.07) is 3.97. The second-order valence-corrected chi connectivity index (χ2v) is 5.14. The molecule has 3 nitrogen and oxygen atoms in total. The topological polar surface area (TPSA) is 48.1 Å². The van der Waals surface area contributed by atoms with Crippen LogP contribution in [0.5, 0.6) is 11.6 Å². The lowest BCUT2D eigenvalue weighted by molar-refractivity contribution is -0.137. The summed E-state index contributed by atoms with van der Waals surface area (Å²) >= 11 is 17.4. The van der Waals surface area contributed by atoms with E-state index in [1.54, 1.807) is 0 Å². The molecule has 2 aromatic rings. The second kappa shape index (κ2) is 5.79. The Bertz CT molecular complexity index is 692. The quantitative estimate of drug-likeness (QED) is 0.729. The van der Waals surface area contributed by atoms with Crippen LogP contribution in [0.2, 0.25) is 15.1 Å². The third-order valence-electron chi connectivity index (χ3n) is 2.34. The third-order valence-corrected chi connectivity index (χ3v) is 3.36. The Balaban J connectivity index is 2.40. The molecule has 0 radical (unpaired) electrons. The second-order valence-electron chi connectivity index (χ2n) is 3.92. The molecule has 0 amide bonds. The van der Waals surface area contributed by atoms with Gasteiger partial charge in [0.1, 0.15) is 11.6 Å². The highest BCUT2D eigenvalue weighted by atomic mass is 35.5. The number of rotatable bonds is 2. The van der Waals surface area contributed by atoms with E-state index in [-0.39, 0.29) is 32.5 Å². The number of aromatic nitrogens is 1. The van der Waals surface area contributed by atoms with Crippen molar-refractivity contribution in [2.75, 3.05) is 5.73 Å². The first-order valence-electron chi connectivity index (χ1n) is 5.34. The van der Waals surface area contributed by atoms with Crippen LogP contribution in [0, 0.1) is 0 Å². The number of nitrogens with zero attached hydrogens (tertiary/aromatic N) is 1. The van der Waals surface area contributed by atoms with Gasteiger partial charge < -0.3 is 10.5 Å². The van der Waals surface area contributed by atoms with E-state index in [2.05, 4.69) is 4.98 Å². The lowest BCUT2D eigenvalue weighted by Gasteiger charge is -2.11. The van der Waals surface area contributed by atoms with Gasteiger partial charge in [-0.15, -0.1) is 0 Å². The molecule has 0 spiro atoms. The Labute approximate surface area is 132 Å². The predicted molar refractivity (Wildman–Crippen MR) is 75.2 cm³/mol. The number of hydrogen-bond acceptors (Lipinski definition) is 3. The summed E-state index contributed by atoms with van der Waals surface area (Å²) in [4.78, 5) is 3.66. The van der Waals surface area contributed by atoms with Crippen LogP contribution in [0.3, 0.4) is 0 Å². The Morgan fingerprint density at radius 2 is 1.57 bits per heavy atom. The van der Waals surface area contributed by atoms with Gasteiger partial charge in [0.25, 0.3) is 0 Å². The van der Waals surface area contributed by atoms with E-state index in [0.29, 0.717) is 12.1 Å². The number of hydrogen-bond donors (Lipinski definition) is 1. The molecule has 1 aromatic heterocycles. The minimum Gasteiger partial charge on any atom is -0.437 e. The van der Waals surface area contributed by atoms with Crippen LogP contribution < -0.4 is 10.5 Å². The summed E-state index contributed by atoms with van der Waals surface area (Å²) in [5.41, 5.74) is 4.35. The molecule has 0 unspecified atom stereocenters. The minimum absolute atomic E-state index is 0.0114. The van der Waals surface area contributed by atoms with Gasteiger partial charge in [-0.2, -0.15) is 18.2 Å². The molecule has 0 aliphatic rings. The highest BCUT2D eigenvalue weighted by molar-refractivity contribution is 6.43. The van der Waals surface area contributed by atoms with Gasteiger partial charge in [0, 0.05) is 12.1 Å². The number of pyridine rings is 1. The Morgan fingerprint density at radius 3 is 2.19 bits per heavy atom. The maximum absolute atomic E-state index is 12.7.